The molecule has 0 aromatic carbocycles. The predicted molar refractivity (Wildman–Crippen MR) is 109 cm³/mol. The summed E-state index contributed by atoms with van der Waals surface area (Å²) >= 11 is 0. The molecule has 2 aliphatic rings. The van der Waals surface area contributed by atoms with E-state index in [1.165, 1.54) is 0 Å². The lowest BCUT2D eigenvalue weighted by Gasteiger charge is -2.23. The summed E-state index contributed by atoms with van der Waals surface area (Å²) in [5, 5.41) is 0. The van der Waals surface area contributed by atoms with Crippen LogP contribution in [0.2, 0.25) is 0 Å². The van der Waals surface area contributed by atoms with Crippen molar-refractivity contribution in [3.63, 3.8) is 0 Å². The van der Waals surface area contributed by atoms with Crippen LogP contribution in [0.1, 0.15) is 35.2 Å². The van der Waals surface area contributed by atoms with Gasteiger partial charge < -0.3 is 19.1 Å². The number of carbonyl (C=O) groups excluding carboxylic acids is 1. The highest BCUT2D eigenvalue weighted by molar-refractivity contribution is 5.95. The van der Waals surface area contributed by atoms with Crippen LogP contribution in [0.3, 0.4) is 0 Å². The van der Waals surface area contributed by atoms with Gasteiger partial charge in [0.25, 0.3) is 11.5 Å². The summed E-state index contributed by atoms with van der Waals surface area (Å²) in [5.41, 5.74) is 0.768. The third-order valence-electron chi connectivity index (χ3n) is 5.63. The summed E-state index contributed by atoms with van der Waals surface area (Å²) in [7, 11) is 0. The van der Waals surface area contributed by atoms with Crippen LogP contribution in [0, 0.1) is 6.92 Å². The average molecular weight is 397 g/mol. The lowest BCUT2D eigenvalue weighted by Crippen LogP contribution is -2.40. The highest BCUT2D eigenvalue weighted by atomic mass is 16.5. The molecule has 1 amide bonds. The molecular formula is C21H27N5O3. The third-order valence-corrected chi connectivity index (χ3v) is 5.63. The summed E-state index contributed by atoms with van der Waals surface area (Å²) < 4.78 is 7.28. The molecule has 8 nitrogen and oxygen atoms in total. The van der Waals surface area contributed by atoms with Gasteiger partial charge in [0.15, 0.2) is 0 Å². The van der Waals surface area contributed by atoms with Crippen LogP contribution < -0.4 is 10.5 Å². The quantitative estimate of drug-likeness (QED) is 0.777. The Morgan fingerprint density at radius 3 is 2.76 bits per heavy atom. The number of pyridine rings is 1. The fourth-order valence-corrected chi connectivity index (χ4v) is 4.01. The summed E-state index contributed by atoms with van der Waals surface area (Å²) in [4.78, 5) is 38.8. The molecule has 0 aliphatic carbocycles. The molecule has 0 radical (unpaired) electrons. The molecule has 154 valence electrons. The van der Waals surface area contributed by atoms with Crippen molar-refractivity contribution in [2.24, 2.45) is 0 Å². The highest BCUT2D eigenvalue weighted by Gasteiger charge is 2.26. The Morgan fingerprint density at radius 2 is 2.00 bits per heavy atom. The van der Waals surface area contributed by atoms with Crippen LogP contribution in [0.5, 0.6) is 0 Å². The minimum Gasteiger partial charge on any atom is -0.376 e. The summed E-state index contributed by atoms with van der Waals surface area (Å²) in [6.45, 7) is 5.65. The number of nitrogens with zero attached hydrogens (tertiary/aromatic N) is 5. The molecule has 1 atom stereocenters. The maximum absolute atomic E-state index is 13.3. The summed E-state index contributed by atoms with van der Waals surface area (Å²) in [5.74, 6) is 0.488. The normalized spacial score (nSPS) is 20.0. The van der Waals surface area contributed by atoms with Crippen molar-refractivity contribution in [1.82, 2.24) is 19.4 Å². The second-order valence-electron chi connectivity index (χ2n) is 7.65. The van der Waals surface area contributed by atoms with Gasteiger partial charge in [0.05, 0.1) is 12.6 Å². The Balaban J connectivity index is 1.51. The molecule has 2 fully saturated rings. The molecular weight excluding hydrogens is 370 g/mol. The van der Waals surface area contributed by atoms with Gasteiger partial charge in [0.2, 0.25) is 5.95 Å². The van der Waals surface area contributed by atoms with Crippen LogP contribution in [-0.2, 0) is 11.3 Å². The van der Waals surface area contributed by atoms with Crippen molar-refractivity contribution >= 4 is 11.9 Å². The van der Waals surface area contributed by atoms with E-state index in [9.17, 15) is 9.59 Å². The third kappa shape index (κ3) is 4.32. The van der Waals surface area contributed by atoms with E-state index in [4.69, 9.17) is 4.74 Å². The summed E-state index contributed by atoms with van der Waals surface area (Å²) in [6.07, 6.45) is 8.04. The van der Waals surface area contributed by atoms with E-state index in [0.717, 1.165) is 38.0 Å². The maximum atomic E-state index is 13.3. The Labute approximate surface area is 170 Å². The van der Waals surface area contributed by atoms with Crippen LogP contribution in [0.15, 0.2) is 35.5 Å². The zero-order valence-corrected chi connectivity index (χ0v) is 16.8. The van der Waals surface area contributed by atoms with Gasteiger partial charge in [-0.15, -0.1) is 0 Å². The number of rotatable bonds is 4. The van der Waals surface area contributed by atoms with Crippen molar-refractivity contribution in [2.75, 3.05) is 37.7 Å². The second-order valence-corrected chi connectivity index (χ2v) is 7.65. The lowest BCUT2D eigenvalue weighted by molar-refractivity contribution is 0.0760. The van der Waals surface area contributed by atoms with Crippen LogP contribution in [0.25, 0.3) is 0 Å². The van der Waals surface area contributed by atoms with Crippen molar-refractivity contribution in [3.8, 4) is 0 Å². The Hall–Kier alpha value is -2.74. The molecule has 0 N–H and O–H groups in total. The molecule has 0 saturated carbocycles. The minimum atomic E-state index is -0.224. The minimum absolute atomic E-state index is 0.0518. The molecule has 1 unspecified atom stereocenters. The molecule has 2 saturated heterocycles. The Kier molecular flexibility index (Phi) is 5.89. The standard InChI is InChI=1S/C21H27N5O3/c1-16-6-11-26(15-17-5-2-14-29-17)20(28)18(16)19(27)24-9-4-10-25(13-12-24)21-22-7-3-8-23-21/h3,6-8,11,17H,2,4-5,9-10,12-15H2,1H3. The van der Waals surface area contributed by atoms with Gasteiger partial charge in [-0.2, -0.15) is 0 Å². The van der Waals surface area contributed by atoms with Gasteiger partial charge in [0, 0.05) is 51.4 Å². The first-order valence-corrected chi connectivity index (χ1v) is 10.3. The first kappa shape index (κ1) is 19.6. The van der Waals surface area contributed by atoms with Crippen LogP contribution in [0.4, 0.5) is 5.95 Å². The predicted octanol–water partition coefficient (Wildman–Crippen LogP) is 1.48. The molecule has 0 spiro atoms. The van der Waals surface area contributed by atoms with Crippen molar-refractivity contribution in [1.29, 1.82) is 0 Å². The van der Waals surface area contributed by atoms with Crippen LogP contribution >= 0.6 is 0 Å². The molecule has 8 heteroatoms. The van der Waals surface area contributed by atoms with Gasteiger partial charge in [-0.05, 0) is 43.9 Å². The van der Waals surface area contributed by atoms with E-state index >= 15 is 0 Å². The van der Waals surface area contributed by atoms with Crippen molar-refractivity contribution < 1.29 is 9.53 Å². The monoisotopic (exact) mass is 397 g/mol. The van der Waals surface area contributed by atoms with Gasteiger partial charge >= 0.3 is 0 Å². The SMILES string of the molecule is Cc1ccn(CC2CCCO2)c(=O)c1C(=O)N1CCCN(c2ncccn2)CC1. The van der Waals surface area contributed by atoms with Crippen LogP contribution in [-0.4, -0.2) is 64.2 Å². The number of aryl methyl sites for hydroxylation is 1. The van der Waals surface area contributed by atoms with E-state index in [0.29, 0.717) is 32.1 Å². The zero-order chi connectivity index (χ0) is 20.2. The van der Waals surface area contributed by atoms with E-state index in [1.807, 2.05) is 13.0 Å². The first-order valence-electron chi connectivity index (χ1n) is 10.3. The number of ether oxygens (including phenoxy) is 1. The number of hydrogen-bond acceptors (Lipinski definition) is 6. The number of amides is 1. The highest BCUT2D eigenvalue weighted by Crippen LogP contribution is 2.16. The molecule has 0 bridgehead atoms. The number of carbonyl (C=O) groups is 1. The lowest BCUT2D eigenvalue weighted by atomic mass is 10.1. The van der Waals surface area contributed by atoms with Gasteiger partial charge in [-0.1, -0.05) is 0 Å². The molecule has 2 aromatic heterocycles. The average Bonchev–Trinajstić information content (AvgIpc) is 3.12. The van der Waals surface area contributed by atoms with Gasteiger partial charge in [-0.3, -0.25) is 9.59 Å². The first-order chi connectivity index (χ1) is 14.1. The van der Waals surface area contributed by atoms with Crippen molar-refractivity contribution in [2.45, 2.75) is 38.8 Å². The fraction of sp³-hybridized carbons (Fsp3) is 0.524. The summed E-state index contributed by atoms with van der Waals surface area (Å²) in [6, 6.07) is 3.64. The number of aromatic nitrogens is 3. The second kappa shape index (κ2) is 8.73. The molecule has 2 aromatic rings. The molecule has 4 rings (SSSR count). The molecule has 4 heterocycles. The molecule has 2 aliphatic heterocycles. The van der Waals surface area contributed by atoms with E-state index in [1.54, 1.807) is 34.1 Å². The van der Waals surface area contributed by atoms with Crippen molar-refractivity contribution in [3.05, 3.63) is 52.2 Å². The van der Waals surface area contributed by atoms with E-state index in [2.05, 4.69) is 14.9 Å². The van der Waals surface area contributed by atoms with E-state index in [-0.39, 0.29) is 23.1 Å². The Morgan fingerprint density at radius 1 is 1.17 bits per heavy atom. The van der Waals surface area contributed by atoms with Gasteiger partial charge in [-0.25, -0.2) is 9.97 Å². The zero-order valence-electron chi connectivity index (χ0n) is 16.8. The maximum Gasteiger partial charge on any atom is 0.263 e. The molecule has 29 heavy (non-hydrogen) atoms. The topological polar surface area (TPSA) is 80.6 Å². The smallest absolute Gasteiger partial charge is 0.263 e. The van der Waals surface area contributed by atoms with Gasteiger partial charge in [0.1, 0.15) is 5.56 Å². The Bertz CT molecular complexity index is 908. The number of anilines is 1. The largest absolute Gasteiger partial charge is 0.376 e. The fourth-order valence-electron chi connectivity index (χ4n) is 4.01. The number of hydrogen-bond donors (Lipinski definition) is 0. The van der Waals surface area contributed by atoms with E-state index < -0.39 is 0 Å².